The van der Waals surface area contributed by atoms with Crippen molar-refractivity contribution in [1.82, 2.24) is 0 Å². The molecule has 1 rings (SSSR count). The molecule has 4 nitrogen and oxygen atoms in total. The molecule has 1 aromatic heterocycles. The van der Waals surface area contributed by atoms with Gasteiger partial charge in [-0.2, -0.15) is 5.26 Å². The molecule has 0 amide bonds. The lowest BCUT2D eigenvalue weighted by molar-refractivity contribution is -0.135. The van der Waals surface area contributed by atoms with E-state index in [1.54, 1.807) is 12.1 Å². The summed E-state index contributed by atoms with van der Waals surface area (Å²) in [4.78, 5) is 11.1. The summed E-state index contributed by atoms with van der Waals surface area (Å²) in [7, 11) is 1.23. The number of aryl methyl sites for hydroxylation is 2. The Morgan fingerprint density at radius 3 is 2.67 bits per heavy atom. The van der Waals surface area contributed by atoms with Gasteiger partial charge in [-0.15, -0.1) is 0 Å². The number of carbonyl (C=O) groups excluding carboxylic acids is 1. The van der Waals surface area contributed by atoms with Gasteiger partial charge in [-0.25, -0.2) is 4.79 Å². The molecule has 0 bridgehead atoms. The summed E-state index contributed by atoms with van der Waals surface area (Å²) >= 11 is 0. The third kappa shape index (κ3) is 2.47. The van der Waals surface area contributed by atoms with Gasteiger partial charge in [-0.1, -0.05) is 0 Å². The van der Waals surface area contributed by atoms with Gasteiger partial charge < -0.3 is 9.15 Å². The van der Waals surface area contributed by atoms with E-state index in [1.165, 1.54) is 13.2 Å². The van der Waals surface area contributed by atoms with Crippen LogP contribution in [0.4, 0.5) is 0 Å². The van der Waals surface area contributed by atoms with E-state index in [-0.39, 0.29) is 5.57 Å². The average Bonchev–Trinajstić information content (AvgIpc) is 2.53. The van der Waals surface area contributed by atoms with Gasteiger partial charge >= 0.3 is 5.97 Å². The largest absolute Gasteiger partial charge is 0.465 e. The summed E-state index contributed by atoms with van der Waals surface area (Å²) in [5.74, 6) is 0.583. The number of nitriles is 1. The fourth-order valence-electron chi connectivity index (χ4n) is 1.06. The molecule has 0 atom stereocenters. The first-order valence-electron chi connectivity index (χ1n) is 4.35. The van der Waals surface area contributed by atoms with E-state index in [0.717, 1.165) is 11.3 Å². The standard InChI is InChI=1S/C11H11NO3/c1-7-4-10(15-8(7)2)5-9(6-12)11(13)14-3/h4-5H,1-3H3/b9-5-. The Kier molecular flexibility index (Phi) is 3.29. The molecule has 0 aliphatic heterocycles. The van der Waals surface area contributed by atoms with Crippen molar-refractivity contribution in [2.24, 2.45) is 0 Å². The highest BCUT2D eigenvalue weighted by Crippen LogP contribution is 2.16. The van der Waals surface area contributed by atoms with Crippen molar-refractivity contribution in [3.8, 4) is 6.07 Å². The quantitative estimate of drug-likeness (QED) is 0.420. The molecule has 0 saturated heterocycles. The first-order valence-corrected chi connectivity index (χ1v) is 4.35. The molecular formula is C11H11NO3. The fourth-order valence-corrected chi connectivity index (χ4v) is 1.06. The molecule has 0 aliphatic carbocycles. The smallest absolute Gasteiger partial charge is 0.348 e. The van der Waals surface area contributed by atoms with Crippen molar-refractivity contribution in [2.75, 3.05) is 7.11 Å². The van der Waals surface area contributed by atoms with Crippen LogP contribution in [0.1, 0.15) is 17.1 Å². The lowest BCUT2D eigenvalue weighted by Crippen LogP contribution is -2.02. The number of ether oxygens (including phenoxy) is 1. The van der Waals surface area contributed by atoms with Crippen LogP contribution in [0.2, 0.25) is 0 Å². The number of carbonyl (C=O) groups is 1. The second-order valence-electron chi connectivity index (χ2n) is 3.05. The monoisotopic (exact) mass is 205 g/mol. The SMILES string of the molecule is COC(=O)/C(C#N)=C\c1cc(C)c(C)o1. The Hall–Kier alpha value is -2.02. The maximum atomic E-state index is 11.1. The number of methoxy groups -OCH3 is 1. The first-order chi connectivity index (χ1) is 7.08. The summed E-state index contributed by atoms with van der Waals surface area (Å²) in [5.41, 5.74) is 0.898. The van der Waals surface area contributed by atoms with Crippen LogP contribution in [-0.4, -0.2) is 13.1 Å². The number of hydrogen-bond acceptors (Lipinski definition) is 4. The van der Waals surface area contributed by atoms with Gasteiger partial charge in [0.15, 0.2) is 0 Å². The Bertz CT molecular complexity index is 429. The molecule has 4 heteroatoms. The molecule has 15 heavy (non-hydrogen) atoms. The van der Waals surface area contributed by atoms with Crippen molar-refractivity contribution >= 4 is 12.0 Å². The van der Waals surface area contributed by atoms with Crippen molar-refractivity contribution < 1.29 is 13.9 Å². The molecule has 0 aliphatic rings. The number of esters is 1. The van der Waals surface area contributed by atoms with Crippen LogP contribution in [0, 0.1) is 25.2 Å². The summed E-state index contributed by atoms with van der Waals surface area (Å²) in [6, 6.07) is 3.52. The van der Waals surface area contributed by atoms with Crippen molar-refractivity contribution in [3.63, 3.8) is 0 Å². The van der Waals surface area contributed by atoms with Crippen LogP contribution in [0.3, 0.4) is 0 Å². The van der Waals surface area contributed by atoms with Gasteiger partial charge in [0.1, 0.15) is 23.2 Å². The first kappa shape index (κ1) is 11.1. The Morgan fingerprint density at radius 1 is 1.60 bits per heavy atom. The van der Waals surface area contributed by atoms with E-state index in [2.05, 4.69) is 4.74 Å². The van der Waals surface area contributed by atoms with E-state index in [9.17, 15) is 4.79 Å². The zero-order valence-corrected chi connectivity index (χ0v) is 8.83. The molecule has 0 spiro atoms. The lowest BCUT2D eigenvalue weighted by atomic mass is 10.2. The fraction of sp³-hybridized carbons (Fsp3) is 0.273. The third-order valence-electron chi connectivity index (χ3n) is 2.00. The van der Waals surface area contributed by atoms with Gasteiger partial charge in [0.05, 0.1) is 7.11 Å². The molecule has 0 N–H and O–H groups in total. The van der Waals surface area contributed by atoms with E-state index in [1.807, 2.05) is 13.8 Å². The molecule has 78 valence electrons. The second-order valence-corrected chi connectivity index (χ2v) is 3.05. The van der Waals surface area contributed by atoms with E-state index < -0.39 is 5.97 Å². The zero-order valence-electron chi connectivity index (χ0n) is 8.83. The molecule has 0 radical (unpaired) electrons. The molecular weight excluding hydrogens is 194 g/mol. The maximum Gasteiger partial charge on any atom is 0.348 e. The van der Waals surface area contributed by atoms with Crippen LogP contribution in [0.15, 0.2) is 16.1 Å². The molecule has 0 fully saturated rings. The highest BCUT2D eigenvalue weighted by molar-refractivity contribution is 5.97. The second kappa shape index (κ2) is 4.47. The summed E-state index contributed by atoms with van der Waals surface area (Å²) in [6.07, 6.45) is 1.37. The number of nitrogens with zero attached hydrogens (tertiary/aromatic N) is 1. The minimum Gasteiger partial charge on any atom is -0.465 e. The normalized spacial score (nSPS) is 10.9. The topological polar surface area (TPSA) is 63.2 Å². The molecule has 0 aromatic carbocycles. The number of rotatable bonds is 2. The highest BCUT2D eigenvalue weighted by Gasteiger charge is 2.10. The molecule has 1 heterocycles. The Labute approximate surface area is 87.8 Å². The van der Waals surface area contributed by atoms with Gasteiger partial charge in [-0.3, -0.25) is 0 Å². The van der Waals surface area contributed by atoms with E-state index in [4.69, 9.17) is 9.68 Å². The summed E-state index contributed by atoms with van der Waals surface area (Å²) in [6.45, 7) is 3.71. The van der Waals surface area contributed by atoms with Gasteiger partial charge in [0.2, 0.25) is 0 Å². The summed E-state index contributed by atoms with van der Waals surface area (Å²) in [5, 5.41) is 8.70. The van der Waals surface area contributed by atoms with Crippen LogP contribution >= 0.6 is 0 Å². The zero-order chi connectivity index (χ0) is 11.4. The maximum absolute atomic E-state index is 11.1. The number of hydrogen-bond donors (Lipinski definition) is 0. The van der Waals surface area contributed by atoms with E-state index >= 15 is 0 Å². The predicted molar refractivity (Wildman–Crippen MR) is 53.8 cm³/mol. The van der Waals surface area contributed by atoms with Crippen LogP contribution in [0.25, 0.3) is 6.08 Å². The Balaban J connectivity index is 3.05. The van der Waals surface area contributed by atoms with Crippen molar-refractivity contribution in [1.29, 1.82) is 5.26 Å². The van der Waals surface area contributed by atoms with Gasteiger partial charge in [0.25, 0.3) is 0 Å². The third-order valence-corrected chi connectivity index (χ3v) is 2.00. The molecule has 0 saturated carbocycles. The van der Waals surface area contributed by atoms with Crippen molar-refractivity contribution in [2.45, 2.75) is 13.8 Å². The van der Waals surface area contributed by atoms with Crippen LogP contribution in [-0.2, 0) is 9.53 Å². The van der Waals surface area contributed by atoms with E-state index in [0.29, 0.717) is 5.76 Å². The Morgan fingerprint density at radius 2 is 2.27 bits per heavy atom. The predicted octanol–water partition coefficient (Wildman–Crippen LogP) is 1.98. The van der Waals surface area contributed by atoms with Gasteiger partial charge in [-0.05, 0) is 25.5 Å². The van der Waals surface area contributed by atoms with Crippen molar-refractivity contribution in [3.05, 3.63) is 28.7 Å². The minimum absolute atomic E-state index is 0.0775. The van der Waals surface area contributed by atoms with Crippen LogP contribution < -0.4 is 0 Å². The highest BCUT2D eigenvalue weighted by atomic mass is 16.5. The molecule has 1 aromatic rings. The van der Waals surface area contributed by atoms with Gasteiger partial charge in [0, 0.05) is 6.08 Å². The summed E-state index contributed by atoms with van der Waals surface area (Å²) < 4.78 is 9.75. The molecule has 0 unspecified atom stereocenters. The lowest BCUT2D eigenvalue weighted by Gasteiger charge is -1.93. The average molecular weight is 205 g/mol. The number of furan rings is 1. The van der Waals surface area contributed by atoms with Crippen LogP contribution in [0.5, 0.6) is 0 Å². The minimum atomic E-state index is -0.663.